The maximum atomic E-state index is 5.74. The number of benzene rings is 1. The first kappa shape index (κ1) is 11.9. The third kappa shape index (κ3) is 2.37. The summed E-state index contributed by atoms with van der Waals surface area (Å²) in [6.45, 7) is 2.00. The van der Waals surface area contributed by atoms with Crippen molar-refractivity contribution in [2.24, 2.45) is 5.73 Å². The predicted molar refractivity (Wildman–Crippen MR) is 73.5 cm³/mol. The number of rotatable bonds is 2. The van der Waals surface area contributed by atoms with Gasteiger partial charge in [0.15, 0.2) is 5.82 Å². The lowest BCUT2D eigenvalue weighted by Gasteiger charge is -2.22. The van der Waals surface area contributed by atoms with Crippen molar-refractivity contribution in [2.45, 2.75) is 13.0 Å². The van der Waals surface area contributed by atoms with Crippen LogP contribution in [0.1, 0.15) is 12.1 Å². The number of nitrogens with two attached hydrogens (primary N) is 1. The molecule has 1 aromatic carbocycles. The fourth-order valence-corrected chi connectivity index (χ4v) is 2.16. The zero-order valence-corrected chi connectivity index (χ0v) is 10.6. The molecule has 0 spiro atoms. The van der Waals surface area contributed by atoms with E-state index in [4.69, 9.17) is 10.5 Å². The molecule has 0 radical (unpaired) electrons. The van der Waals surface area contributed by atoms with Gasteiger partial charge >= 0.3 is 0 Å². The third-order valence-electron chi connectivity index (χ3n) is 3.12. The van der Waals surface area contributed by atoms with E-state index in [1.807, 2.05) is 24.3 Å². The van der Waals surface area contributed by atoms with Crippen molar-refractivity contribution >= 4 is 11.5 Å². The molecular weight excluding hydrogens is 240 g/mol. The first-order valence-corrected chi connectivity index (χ1v) is 6.39. The van der Waals surface area contributed by atoms with Gasteiger partial charge in [-0.25, -0.2) is 4.98 Å². The van der Waals surface area contributed by atoms with Crippen molar-refractivity contribution in [1.29, 1.82) is 0 Å². The van der Waals surface area contributed by atoms with Crippen LogP contribution in [0, 0.1) is 0 Å². The zero-order valence-electron chi connectivity index (χ0n) is 10.6. The Hall–Kier alpha value is -2.14. The molecule has 2 aromatic rings. The van der Waals surface area contributed by atoms with Crippen molar-refractivity contribution in [3.8, 4) is 5.75 Å². The van der Waals surface area contributed by atoms with Gasteiger partial charge in [0.25, 0.3) is 0 Å². The van der Waals surface area contributed by atoms with E-state index in [-0.39, 0.29) is 0 Å². The molecule has 19 heavy (non-hydrogen) atoms. The number of fused-ring (bicyclic) bond motifs is 1. The number of aromatic nitrogens is 2. The van der Waals surface area contributed by atoms with Crippen LogP contribution in [0.5, 0.6) is 5.75 Å². The van der Waals surface area contributed by atoms with Gasteiger partial charge in [0.05, 0.1) is 30.4 Å². The summed E-state index contributed by atoms with van der Waals surface area (Å²) in [5, 5.41) is 0. The van der Waals surface area contributed by atoms with Crippen LogP contribution in [-0.4, -0.2) is 23.1 Å². The fourth-order valence-electron chi connectivity index (χ4n) is 2.16. The number of ether oxygens (including phenoxy) is 1. The Kier molecular flexibility index (Phi) is 3.29. The highest BCUT2D eigenvalue weighted by Gasteiger charge is 2.18. The molecular formula is C14H16N4O. The SMILES string of the molecule is NCc1cnc(N2CCCOc3ccccc32)cn1. The summed E-state index contributed by atoms with van der Waals surface area (Å²) >= 11 is 0. The van der Waals surface area contributed by atoms with E-state index >= 15 is 0 Å². The molecule has 0 amide bonds. The van der Waals surface area contributed by atoms with Gasteiger partial charge in [-0.15, -0.1) is 0 Å². The summed E-state index contributed by atoms with van der Waals surface area (Å²) in [6, 6.07) is 8.00. The van der Waals surface area contributed by atoms with Gasteiger partial charge in [0.2, 0.25) is 0 Å². The molecule has 0 atom stereocenters. The van der Waals surface area contributed by atoms with E-state index in [0.29, 0.717) is 6.54 Å². The van der Waals surface area contributed by atoms with Crippen LogP contribution >= 0.6 is 0 Å². The minimum Gasteiger partial charge on any atom is -0.491 e. The predicted octanol–water partition coefficient (Wildman–Crippen LogP) is 1.86. The highest BCUT2D eigenvalue weighted by molar-refractivity contribution is 5.67. The molecule has 0 saturated carbocycles. The number of hydrogen-bond donors (Lipinski definition) is 1. The standard InChI is InChI=1S/C14H16N4O/c15-8-11-9-17-14(10-16-11)18-6-3-7-19-13-5-2-1-4-12(13)18/h1-2,4-5,9-10H,3,6-8,15H2. The molecule has 3 rings (SSSR count). The molecule has 0 aliphatic carbocycles. The van der Waals surface area contributed by atoms with Gasteiger partial charge in [-0.05, 0) is 18.6 Å². The maximum Gasteiger partial charge on any atom is 0.151 e. The first-order chi connectivity index (χ1) is 9.38. The van der Waals surface area contributed by atoms with Crippen molar-refractivity contribution in [3.05, 3.63) is 42.4 Å². The van der Waals surface area contributed by atoms with E-state index < -0.39 is 0 Å². The molecule has 1 aliphatic rings. The Bertz CT molecular complexity index is 556. The van der Waals surface area contributed by atoms with Gasteiger partial charge < -0.3 is 15.4 Å². The van der Waals surface area contributed by atoms with Crippen molar-refractivity contribution in [3.63, 3.8) is 0 Å². The van der Waals surface area contributed by atoms with E-state index in [1.54, 1.807) is 12.4 Å². The number of para-hydroxylation sites is 2. The molecule has 2 heterocycles. The second kappa shape index (κ2) is 5.24. The fraction of sp³-hybridized carbons (Fsp3) is 0.286. The van der Waals surface area contributed by atoms with Crippen LogP contribution < -0.4 is 15.4 Å². The monoisotopic (exact) mass is 256 g/mol. The Balaban J connectivity index is 1.99. The van der Waals surface area contributed by atoms with Gasteiger partial charge in [-0.2, -0.15) is 0 Å². The molecule has 5 heteroatoms. The normalized spacial score (nSPS) is 14.5. The van der Waals surface area contributed by atoms with E-state index in [9.17, 15) is 0 Å². The lowest BCUT2D eigenvalue weighted by molar-refractivity contribution is 0.322. The molecule has 1 aliphatic heterocycles. The number of anilines is 2. The second-order valence-corrected chi connectivity index (χ2v) is 4.39. The summed E-state index contributed by atoms with van der Waals surface area (Å²) in [4.78, 5) is 10.9. The summed E-state index contributed by atoms with van der Waals surface area (Å²) in [7, 11) is 0. The summed E-state index contributed by atoms with van der Waals surface area (Å²) in [5.41, 5.74) is 7.38. The van der Waals surface area contributed by atoms with Crippen molar-refractivity contribution in [2.75, 3.05) is 18.1 Å². The zero-order chi connectivity index (χ0) is 13.1. The smallest absolute Gasteiger partial charge is 0.151 e. The summed E-state index contributed by atoms with van der Waals surface area (Å²) in [6.07, 6.45) is 4.45. The van der Waals surface area contributed by atoms with Crippen LogP contribution in [0.2, 0.25) is 0 Å². The Morgan fingerprint density at radius 3 is 2.89 bits per heavy atom. The maximum absolute atomic E-state index is 5.74. The molecule has 0 saturated heterocycles. The second-order valence-electron chi connectivity index (χ2n) is 4.39. The molecule has 98 valence electrons. The van der Waals surface area contributed by atoms with Crippen LogP contribution in [0.15, 0.2) is 36.7 Å². The molecule has 0 unspecified atom stereocenters. The average molecular weight is 256 g/mol. The summed E-state index contributed by atoms with van der Waals surface area (Å²) in [5.74, 6) is 1.72. The van der Waals surface area contributed by atoms with Gasteiger partial charge in [-0.3, -0.25) is 4.98 Å². The Labute approximate surface area is 112 Å². The minimum absolute atomic E-state index is 0.410. The van der Waals surface area contributed by atoms with Crippen LogP contribution in [0.3, 0.4) is 0 Å². The van der Waals surface area contributed by atoms with Crippen LogP contribution in [0.25, 0.3) is 0 Å². The number of nitrogens with zero attached hydrogens (tertiary/aromatic N) is 3. The average Bonchev–Trinajstić information content (AvgIpc) is 2.70. The highest BCUT2D eigenvalue weighted by Crippen LogP contribution is 2.34. The molecule has 0 bridgehead atoms. The lowest BCUT2D eigenvalue weighted by Crippen LogP contribution is -2.19. The van der Waals surface area contributed by atoms with Gasteiger partial charge in [-0.1, -0.05) is 12.1 Å². The number of hydrogen-bond acceptors (Lipinski definition) is 5. The molecule has 0 fully saturated rings. The molecule has 2 N–H and O–H groups in total. The lowest BCUT2D eigenvalue weighted by atomic mass is 10.2. The van der Waals surface area contributed by atoms with E-state index in [1.165, 1.54) is 0 Å². The largest absolute Gasteiger partial charge is 0.491 e. The van der Waals surface area contributed by atoms with Gasteiger partial charge in [0.1, 0.15) is 5.75 Å². The molecule has 1 aromatic heterocycles. The van der Waals surface area contributed by atoms with Crippen molar-refractivity contribution in [1.82, 2.24) is 9.97 Å². The van der Waals surface area contributed by atoms with E-state index in [2.05, 4.69) is 14.9 Å². The summed E-state index contributed by atoms with van der Waals surface area (Å²) < 4.78 is 5.74. The van der Waals surface area contributed by atoms with Crippen LogP contribution in [-0.2, 0) is 6.54 Å². The third-order valence-corrected chi connectivity index (χ3v) is 3.12. The Morgan fingerprint density at radius 2 is 2.11 bits per heavy atom. The highest BCUT2D eigenvalue weighted by atomic mass is 16.5. The quantitative estimate of drug-likeness (QED) is 0.888. The first-order valence-electron chi connectivity index (χ1n) is 6.39. The Morgan fingerprint density at radius 1 is 1.21 bits per heavy atom. The topological polar surface area (TPSA) is 64.3 Å². The minimum atomic E-state index is 0.410. The van der Waals surface area contributed by atoms with Crippen molar-refractivity contribution < 1.29 is 4.74 Å². The van der Waals surface area contributed by atoms with Crippen LogP contribution in [0.4, 0.5) is 11.5 Å². The molecule has 5 nitrogen and oxygen atoms in total. The van der Waals surface area contributed by atoms with E-state index in [0.717, 1.165) is 42.5 Å². The van der Waals surface area contributed by atoms with Gasteiger partial charge in [0, 0.05) is 13.1 Å².